The van der Waals surface area contributed by atoms with E-state index in [1.807, 2.05) is 27.2 Å². The maximum absolute atomic E-state index is 12.7. The fourth-order valence-electron chi connectivity index (χ4n) is 6.23. The summed E-state index contributed by atoms with van der Waals surface area (Å²) in [6.07, 6.45) is 51.1. The molecule has 0 N–H and O–H groups in total. The van der Waals surface area contributed by atoms with Crippen molar-refractivity contribution >= 4 is 19.8 Å². The van der Waals surface area contributed by atoms with Gasteiger partial charge in [-0.2, -0.15) is 0 Å². The van der Waals surface area contributed by atoms with Crippen molar-refractivity contribution in [2.24, 2.45) is 0 Å². The summed E-state index contributed by atoms with van der Waals surface area (Å²) in [6, 6.07) is 0. The van der Waals surface area contributed by atoms with Crippen LogP contribution in [0.5, 0.6) is 0 Å². The number of likely N-dealkylation sites (N-methyl/N-ethyl adjacent to an activating group) is 1. The van der Waals surface area contributed by atoms with Crippen molar-refractivity contribution in [2.75, 3.05) is 47.5 Å². The second-order valence-electron chi connectivity index (χ2n) is 17.1. The van der Waals surface area contributed by atoms with Crippen molar-refractivity contribution < 1.29 is 42.1 Å². The molecule has 0 spiro atoms. The summed E-state index contributed by atoms with van der Waals surface area (Å²) in [5, 5.41) is 0. The van der Waals surface area contributed by atoms with Crippen LogP contribution >= 0.6 is 7.82 Å². The van der Waals surface area contributed by atoms with Crippen molar-refractivity contribution in [3.8, 4) is 0 Å². The Labute approximate surface area is 368 Å². The molecule has 0 aromatic rings. The lowest BCUT2D eigenvalue weighted by Gasteiger charge is -2.28. The smallest absolute Gasteiger partial charge is 0.306 e. The number of quaternary nitrogens is 1. The highest BCUT2D eigenvalue weighted by Crippen LogP contribution is 2.38. The number of nitrogens with zero attached hydrogens (tertiary/aromatic N) is 1. The van der Waals surface area contributed by atoms with E-state index < -0.39 is 32.5 Å². The van der Waals surface area contributed by atoms with Crippen LogP contribution in [0.15, 0.2) is 60.8 Å². The predicted molar refractivity (Wildman–Crippen MR) is 250 cm³/mol. The van der Waals surface area contributed by atoms with Crippen molar-refractivity contribution in [2.45, 2.75) is 200 Å². The molecular weight excluding hydrogens is 774 g/mol. The van der Waals surface area contributed by atoms with Gasteiger partial charge in [-0.1, -0.05) is 164 Å². The summed E-state index contributed by atoms with van der Waals surface area (Å²) in [5.74, 6) is -0.906. The van der Waals surface area contributed by atoms with Gasteiger partial charge in [0.05, 0.1) is 27.7 Å². The zero-order valence-electron chi connectivity index (χ0n) is 39.1. The number of esters is 2. The molecule has 0 radical (unpaired) electrons. The van der Waals surface area contributed by atoms with Gasteiger partial charge in [-0.25, -0.2) is 0 Å². The third kappa shape index (κ3) is 45.2. The predicted octanol–water partition coefficient (Wildman–Crippen LogP) is 13.4. The second kappa shape index (κ2) is 42.0. The Morgan fingerprint density at radius 2 is 0.917 bits per heavy atom. The van der Waals surface area contributed by atoms with Crippen LogP contribution in [-0.2, 0) is 32.7 Å². The molecule has 0 heterocycles. The Morgan fingerprint density at radius 1 is 0.517 bits per heavy atom. The standard InChI is InChI=1S/C50H90NO8P/c1-6-8-10-12-14-16-18-20-22-24-25-27-28-30-32-34-36-38-40-42-49(52)56-46-48(47-58-60(54,55)57-45-44-51(3,4)5)59-50(53)43-41-39-37-35-33-31-29-26-23-21-19-17-15-13-11-9-7-2/h15,17,21,23-25,29,31,35,37,48H,6-14,16,18-20,22,26-28,30,32-34,36,38-47H2,1-5H3/b17-15-,23-21-,25-24-,31-29-,37-35-/t48-/m1/s1. The van der Waals surface area contributed by atoms with E-state index in [1.165, 1.54) is 103 Å². The largest absolute Gasteiger partial charge is 0.756 e. The molecule has 9 nitrogen and oxygen atoms in total. The molecule has 0 aliphatic heterocycles. The summed E-state index contributed by atoms with van der Waals surface area (Å²) in [7, 11) is 1.12. The van der Waals surface area contributed by atoms with Crippen molar-refractivity contribution in [1.82, 2.24) is 0 Å². The van der Waals surface area contributed by atoms with Gasteiger partial charge in [0.15, 0.2) is 6.10 Å². The zero-order valence-corrected chi connectivity index (χ0v) is 40.0. The summed E-state index contributed by atoms with van der Waals surface area (Å²) < 4.78 is 33.9. The summed E-state index contributed by atoms with van der Waals surface area (Å²) in [5.41, 5.74) is 0. The molecule has 0 bridgehead atoms. The topological polar surface area (TPSA) is 111 Å². The number of carbonyl (C=O) groups excluding carboxylic acids is 2. The maximum atomic E-state index is 12.7. The quantitative estimate of drug-likeness (QED) is 0.0196. The number of ether oxygens (including phenoxy) is 2. The van der Waals surface area contributed by atoms with Crippen LogP contribution < -0.4 is 4.89 Å². The van der Waals surface area contributed by atoms with Gasteiger partial charge in [0, 0.05) is 12.8 Å². The van der Waals surface area contributed by atoms with Gasteiger partial charge < -0.3 is 27.9 Å². The third-order valence-corrected chi connectivity index (χ3v) is 11.0. The van der Waals surface area contributed by atoms with Crippen molar-refractivity contribution in [3.63, 3.8) is 0 Å². The Bertz CT molecular complexity index is 1210. The first kappa shape index (κ1) is 57.7. The van der Waals surface area contributed by atoms with Crippen LogP contribution in [0.4, 0.5) is 0 Å². The highest BCUT2D eigenvalue weighted by atomic mass is 31.2. The number of carbonyl (C=O) groups is 2. The minimum absolute atomic E-state index is 0.0437. The van der Waals surface area contributed by atoms with Gasteiger partial charge in [-0.3, -0.25) is 14.2 Å². The lowest BCUT2D eigenvalue weighted by Crippen LogP contribution is -2.37. The van der Waals surface area contributed by atoms with Crippen LogP contribution in [-0.4, -0.2) is 70.0 Å². The number of hydrogen-bond donors (Lipinski definition) is 0. The molecule has 0 amide bonds. The molecule has 0 rings (SSSR count). The molecule has 348 valence electrons. The lowest BCUT2D eigenvalue weighted by molar-refractivity contribution is -0.870. The number of phosphoric acid groups is 1. The molecule has 60 heavy (non-hydrogen) atoms. The molecule has 1 unspecified atom stereocenters. The van der Waals surface area contributed by atoms with Crippen LogP contribution in [0.2, 0.25) is 0 Å². The minimum atomic E-state index is -4.65. The number of allylic oxidation sites excluding steroid dienone is 10. The molecule has 2 atom stereocenters. The zero-order chi connectivity index (χ0) is 44.3. The van der Waals surface area contributed by atoms with E-state index in [0.29, 0.717) is 30.3 Å². The van der Waals surface area contributed by atoms with Gasteiger partial charge >= 0.3 is 11.9 Å². The minimum Gasteiger partial charge on any atom is -0.756 e. The second-order valence-corrected chi connectivity index (χ2v) is 18.5. The highest BCUT2D eigenvalue weighted by molar-refractivity contribution is 7.45. The van der Waals surface area contributed by atoms with E-state index in [-0.39, 0.29) is 26.1 Å². The molecule has 0 aromatic heterocycles. The van der Waals surface area contributed by atoms with E-state index >= 15 is 0 Å². The third-order valence-electron chi connectivity index (χ3n) is 10.0. The average molecular weight is 864 g/mol. The van der Waals surface area contributed by atoms with E-state index in [9.17, 15) is 19.0 Å². The SMILES string of the molecule is CCCCC/C=C\C/C=C\C/C=C\C/C=C\CCCC(=O)O[C@H](COC(=O)CCCCCCCCC/C=C\CCCCCCCCCC)COP(=O)([O-])OCC[N+](C)(C)C. The number of phosphoric ester groups is 1. The lowest BCUT2D eigenvalue weighted by atomic mass is 10.1. The molecule has 0 aliphatic rings. The van der Waals surface area contributed by atoms with Crippen molar-refractivity contribution in [1.29, 1.82) is 0 Å². The summed E-state index contributed by atoms with van der Waals surface area (Å²) in [4.78, 5) is 37.6. The highest BCUT2D eigenvalue weighted by Gasteiger charge is 2.21. The normalized spacial score (nSPS) is 14.0. The summed E-state index contributed by atoms with van der Waals surface area (Å²) >= 11 is 0. The molecule has 0 saturated carbocycles. The van der Waals surface area contributed by atoms with Gasteiger partial charge in [0.25, 0.3) is 7.82 Å². The first-order chi connectivity index (χ1) is 29.0. The van der Waals surface area contributed by atoms with Crippen LogP contribution in [0, 0.1) is 0 Å². The van der Waals surface area contributed by atoms with Gasteiger partial charge in [-0.05, 0) is 77.0 Å². The number of unbranched alkanes of at least 4 members (excludes halogenated alkanes) is 19. The van der Waals surface area contributed by atoms with Gasteiger partial charge in [0.2, 0.25) is 0 Å². The average Bonchev–Trinajstić information content (AvgIpc) is 3.20. The molecule has 0 saturated heterocycles. The number of hydrogen-bond acceptors (Lipinski definition) is 8. The van der Waals surface area contributed by atoms with Crippen LogP contribution in [0.1, 0.15) is 194 Å². The van der Waals surface area contributed by atoms with Crippen LogP contribution in [0.3, 0.4) is 0 Å². The Kier molecular flexibility index (Phi) is 40.4. The number of rotatable bonds is 43. The fourth-order valence-corrected chi connectivity index (χ4v) is 6.96. The Hall–Kier alpha value is -2.29. The molecule has 0 fully saturated rings. The Balaban J connectivity index is 4.39. The van der Waals surface area contributed by atoms with E-state index in [2.05, 4.69) is 68.5 Å². The molecule has 0 aliphatic carbocycles. The van der Waals surface area contributed by atoms with E-state index in [1.54, 1.807) is 0 Å². The molecular formula is C50H90NO8P. The fraction of sp³-hybridized carbons (Fsp3) is 0.760. The Morgan fingerprint density at radius 3 is 1.43 bits per heavy atom. The van der Waals surface area contributed by atoms with Gasteiger partial charge in [0.1, 0.15) is 19.8 Å². The van der Waals surface area contributed by atoms with Crippen LogP contribution in [0.25, 0.3) is 0 Å². The summed E-state index contributed by atoms with van der Waals surface area (Å²) in [6.45, 7) is 4.13. The first-order valence-electron chi connectivity index (χ1n) is 24.0. The van der Waals surface area contributed by atoms with E-state index in [4.69, 9.17) is 18.5 Å². The molecule has 0 aromatic carbocycles. The first-order valence-corrected chi connectivity index (χ1v) is 25.5. The maximum Gasteiger partial charge on any atom is 0.306 e. The van der Waals surface area contributed by atoms with Gasteiger partial charge in [-0.15, -0.1) is 0 Å². The van der Waals surface area contributed by atoms with Crippen molar-refractivity contribution in [3.05, 3.63) is 60.8 Å². The van der Waals surface area contributed by atoms with E-state index in [0.717, 1.165) is 44.9 Å². The molecule has 10 heteroatoms. The monoisotopic (exact) mass is 864 g/mol.